The zero-order valence-corrected chi connectivity index (χ0v) is 17.4. The molecule has 1 saturated heterocycles. The predicted molar refractivity (Wildman–Crippen MR) is 109 cm³/mol. The van der Waals surface area contributed by atoms with Gasteiger partial charge in [0.25, 0.3) is 0 Å². The van der Waals surface area contributed by atoms with E-state index in [1.165, 1.54) is 0 Å². The summed E-state index contributed by atoms with van der Waals surface area (Å²) in [5.74, 6) is 0.120. The van der Waals surface area contributed by atoms with E-state index in [2.05, 4.69) is 20.7 Å². The molecular formula is C20H23BrN2O3S. The molecule has 0 atom stereocenters. The Hall–Kier alpha value is -1.70. The maximum Gasteiger partial charge on any atom is 0.240 e. The monoisotopic (exact) mass is 450 g/mol. The summed E-state index contributed by atoms with van der Waals surface area (Å²) in [6.45, 7) is 1.16. The van der Waals surface area contributed by atoms with Gasteiger partial charge in [-0.1, -0.05) is 52.3 Å². The summed E-state index contributed by atoms with van der Waals surface area (Å²) in [4.78, 5) is 14.6. The minimum absolute atomic E-state index is 0.120. The van der Waals surface area contributed by atoms with Gasteiger partial charge in [-0.2, -0.15) is 0 Å². The van der Waals surface area contributed by atoms with Crippen molar-refractivity contribution in [2.45, 2.75) is 36.6 Å². The molecule has 1 amide bonds. The van der Waals surface area contributed by atoms with Crippen molar-refractivity contribution in [1.82, 2.24) is 9.62 Å². The molecular weight excluding hydrogens is 428 g/mol. The smallest absolute Gasteiger partial charge is 0.240 e. The SMILES string of the molecule is O=C(CCc1ccccc1Br)N1CCC(NS(=O)(=O)c2ccccc2)CC1. The Kier molecular flexibility index (Phi) is 6.68. The van der Waals surface area contributed by atoms with Gasteiger partial charge in [0.2, 0.25) is 15.9 Å². The standard InChI is InChI=1S/C20H23BrN2O3S/c21-19-9-5-4-6-16(19)10-11-20(24)23-14-12-17(13-15-23)22-27(25,26)18-7-2-1-3-8-18/h1-9,17,22H,10-15H2. The molecule has 3 rings (SSSR count). The van der Waals surface area contributed by atoms with Crippen molar-refractivity contribution in [2.75, 3.05) is 13.1 Å². The highest BCUT2D eigenvalue weighted by atomic mass is 79.9. The summed E-state index contributed by atoms with van der Waals surface area (Å²) in [6, 6.07) is 16.2. The molecule has 5 nitrogen and oxygen atoms in total. The van der Waals surface area contributed by atoms with Gasteiger partial charge in [-0.25, -0.2) is 13.1 Å². The molecule has 144 valence electrons. The number of carbonyl (C=O) groups excluding carboxylic acids is 1. The Morgan fingerprint density at radius 1 is 1.04 bits per heavy atom. The summed E-state index contributed by atoms with van der Waals surface area (Å²) < 4.78 is 28.6. The van der Waals surface area contributed by atoms with Gasteiger partial charge in [-0.05, 0) is 43.0 Å². The molecule has 27 heavy (non-hydrogen) atoms. The van der Waals surface area contributed by atoms with Crippen molar-refractivity contribution in [3.8, 4) is 0 Å². The van der Waals surface area contributed by atoms with Crippen LogP contribution in [0.25, 0.3) is 0 Å². The number of carbonyl (C=O) groups is 1. The average molecular weight is 451 g/mol. The van der Waals surface area contributed by atoms with Crippen molar-refractivity contribution in [2.24, 2.45) is 0 Å². The third kappa shape index (κ3) is 5.40. The lowest BCUT2D eigenvalue weighted by Gasteiger charge is -2.32. The van der Waals surface area contributed by atoms with Crippen LogP contribution in [-0.4, -0.2) is 38.4 Å². The Bertz CT molecular complexity index is 879. The Labute approximate surface area is 169 Å². The first kappa shape index (κ1) is 20.0. The zero-order chi connectivity index (χ0) is 19.3. The largest absolute Gasteiger partial charge is 0.343 e. The molecule has 0 bridgehead atoms. The molecule has 7 heteroatoms. The highest BCUT2D eigenvalue weighted by Crippen LogP contribution is 2.19. The van der Waals surface area contributed by atoms with Crippen LogP contribution in [-0.2, 0) is 21.2 Å². The number of nitrogens with zero attached hydrogens (tertiary/aromatic N) is 1. The van der Waals surface area contributed by atoms with Crippen molar-refractivity contribution in [3.63, 3.8) is 0 Å². The number of hydrogen-bond acceptors (Lipinski definition) is 3. The van der Waals surface area contributed by atoms with Gasteiger partial charge in [0.1, 0.15) is 0 Å². The van der Waals surface area contributed by atoms with Gasteiger partial charge in [0.15, 0.2) is 0 Å². The minimum atomic E-state index is -3.51. The fourth-order valence-electron chi connectivity index (χ4n) is 3.23. The summed E-state index contributed by atoms with van der Waals surface area (Å²) in [7, 11) is -3.51. The van der Waals surface area contributed by atoms with Crippen LogP contribution in [0.1, 0.15) is 24.8 Å². The fraction of sp³-hybridized carbons (Fsp3) is 0.350. The molecule has 1 aliphatic rings. The van der Waals surface area contributed by atoms with Crippen molar-refractivity contribution < 1.29 is 13.2 Å². The van der Waals surface area contributed by atoms with E-state index < -0.39 is 10.0 Å². The number of nitrogens with one attached hydrogen (secondary N) is 1. The molecule has 0 aliphatic carbocycles. The maximum atomic E-state index is 12.5. The summed E-state index contributed by atoms with van der Waals surface area (Å²) >= 11 is 3.51. The Morgan fingerprint density at radius 3 is 2.33 bits per heavy atom. The molecule has 1 aliphatic heterocycles. The number of amides is 1. The lowest BCUT2D eigenvalue weighted by Crippen LogP contribution is -2.46. The van der Waals surface area contributed by atoms with Crippen molar-refractivity contribution in [1.29, 1.82) is 0 Å². The fourth-order valence-corrected chi connectivity index (χ4v) is 5.04. The van der Waals surface area contributed by atoms with E-state index in [9.17, 15) is 13.2 Å². The number of rotatable bonds is 6. The second-order valence-corrected chi connectivity index (χ2v) is 9.25. The van der Waals surface area contributed by atoms with Crippen LogP contribution in [0.5, 0.6) is 0 Å². The molecule has 0 unspecified atom stereocenters. The molecule has 0 spiro atoms. The topological polar surface area (TPSA) is 66.5 Å². The molecule has 1 N–H and O–H groups in total. The number of benzene rings is 2. The maximum absolute atomic E-state index is 12.5. The quantitative estimate of drug-likeness (QED) is 0.733. The van der Waals surface area contributed by atoms with E-state index in [1.54, 1.807) is 30.3 Å². The summed E-state index contributed by atoms with van der Waals surface area (Å²) in [5.41, 5.74) is 1.12. The third-order valence-electron chi connectivity index (χ3n) is 4.79. The lowest BCUT2D eigenvalue weighted by molar-refractivity contribution is -0.132. The first-order valence-electron chi connectivity index (χ1n) is 9.04. The van der Waals surface area contributed by atoms with E-state index in [0.29, 0.717) is 38.8 Å². The van der Waals surface area contributed by atoms with Gasteiger partial charge in [-0.3, -0.25) is 4.79 Å². The number of sulfonamides is 1. The second-order valence-electron chi connectivity index (χ2n) is 6.68. The van der Waals surface area contributed by atoms with E-state index >= 15 is 0 Å². The van der Waals surface area contributed by atoms with Crippen molar-refractivity contribution >= 4 is 31.9 Å². The van der Waals surface area contributed by atoms with Crippen LogP contribution in [0.3, 0.4) is 0 Å². The molecule has 2 aromatic rings. The highest BCUT2D eigenvalue weighted by Gasteiger charge is 2.26. The average Bonchev–Trinajstić information content (AvgIpc) is 2.68. The van der Waals surface area contributed by atoms with E-state index in [4.69, 9.17) is 0 Å². The van der Waals surface area contributed by atoms with Crippen LogP contribution >= 0.6 is 15.9 Å². The zero-order valence-electron chi connectivity index (χ0n) is 15.0. The van der Waals surface area contributed by atoms with Crippen molar-refractivity contribution in [3.05, 3.63) is 64.6 Å². The Balaban J connectivity index is 1.48. The number of aryl methyl sites for hydroxylation is 1. The van der Waals surface area contributed by atoms with Crippen LogP contribution in [0.4, 0.5) is 0 Å². The number of likely N-dealkylation sites (tertiary alicyclic amines) is 1. The molecule has 1 fully saturated rings. The second kappa shape index (κ2) is 8.99. The van der Waals surface area contributed by atoms with Gasteiger partial charge < -0.3 is 4.90 Å². The number of hydrogen-bond donors (Lipinski definition) is 1. The summed E-state index contributed by atoms with van der Waals surface area (Å²) in [6.07, 6.45) is 2.42. The van der Waals surface area contributed by atoms with Crippen LogP contribution in [0, 0.1) is 0 Å². The first-order chi connectivity index (χ1) is 13.0. The van der Waals surface area contributed by atoms with E-state index in [-0.39, 0.29) is 16.8 Å². The number of piperidine rings is 1. The first-order valence-corrected chi connectivity index (χ1v) is 11.3. The van der Waals surface area contributed by atoms with Gasteiger partial charge in [0, 0.05) is 30.0 Å². The summed E-state index contributed by atoms with van der Waals surface area (Å²) in [5, 5.41) is 0. The third-order valence-corrected chi connectivity index (χ3v) is 7.10. The molecule has 2 aromatic carbocycles. The molecule has 1 heterocycles. The predicted octanol–water partition coefficient (Wildman–Crippen LogP) is 3.35. The van der Waals surface area contributed by atoms with Crippen LogP contribution in [0.15, 0.2) is 64.0 Å². The van der Waals surface area contributed by atoms with E-state index in [1.807, 2.05) is 29.2 Å². The lowest BCUT2D eigenvalue weighted by atomic mass is 10.0. The normalized spacial score (nSPS) is 15.7. The number of halogens is 1. The van der Waals surface area contributed by atoms with E-state index in [0.717, 1.165) is 10.0 Å². The molecule has 0 aromatic heterocycles. The molecule has 0 saturated carbocycles. The van der Waals surface area contributed by atoms with Gasteiger partial charge >= 0.3 is 0 Å². The Morgan fingerprint density at radius 2 is 1.67 bits per heavy atom. The highest BCUT2D eigenvalue weighted by molar-refractivity contribution is 9.10. The van der Waals surface area contributed by atoms with Gasteiger partial charge in [0.05, 0.1) is 4.90 Å². The van der Waals surface area contributed by atoms with Crippen LogP contribution < -0.4 is 4.72 Å². The van der Waals surface area contributed by atoms with Gasteiger partial charge in [-0.15, -0.1) is 0 Å². The molecule has 0 radical (unpaired) electrons. The minimum Gasteiger partial charge on any atom is -0.343 e. The van der Waals surface area contributed by atoms with Crippen LogP contribution in [0.2, 0.25) is 0 Å².